The molecule has 0 spiro atoms. The van der Waals surface area contributed by atoms with Crippen LogP contribution in [0.2, 0.25) is 0 Å². The molecular weight excluding hydrogens is 172 g/mol. The molecule has 1 N–H and O–H groups in total. The number of nitrogens with one attached hydrogen (secondary N) is 1. The number of hydrogen-bond donors (Lipinski definition) is 1. The SMILES string of the molecule is CCCCCN(C)CC1(C)CCCN1. The summed E-state index contributed by atoms with van der Waals surface area (Å²) >= 11 is 0. The predicted octanol–water partition coefficient (Wildman–Crippen LogP) is 2.25. The molecule has 0 aliphatic carbocycles. The van der Waals surface area contributed by atoms with Crippen LogP contribution < -0.4 is 5.32 Å². The largest absolute Gasteiger partial charge is 0.310 e. The highest BCUT2D eigenvalue weighted by Crippen LogP contribution is 2.19. The van der Waals surface area contributed by atoms with Gasteiger partial charge in [-0.2, -0.15) is 0 Å². The molecule has 1 atom stereocenters. The Bertz CT molecular complexity index is 150. The zero-order valence-corrected chi connectivity index (χ0v) is 10.1. The first-order valence-electron chi connectivity index (χ1n) is 6.10. The third-order valence-electron chi connectivity index (χ3n) is 3.22. The Morgan fingerprint density at radius 3 is 2.71 bits per heavy atom. The molecule has 84 valence electrons. The van der Waals surface area contributed by atoms with Crippen molar-refractivity contribution in [3.63, 3.8) is 0 Å². The van der Waals surface area contributed by atoms with Gasteiger partial charge in [-0.05, 0) is 46.3 Å². The van der Waals surface area contributed by atoms with Crippen LogP contribution in [0, 0.1) is 0 Å². The van der Waals surface area contributed by atoms with E-state index >= 15 is 0 Å². The minimum atomic E-state index is 0.390. The fourth-order valence-corrected chi connectivity index (χ4v) is 2.40. The van der Waals surface area contributed by atoms with Crippen LogP contribution in [-0.2, 0) is 0 Å². The molecular formula is C12H26N2. The highest BCUT2D eigenvalue weighted by atomic mass is 15.1. The second-order valence-electron chi connectivity index (χ2n) is 5.04. The molecule has 1 aliphatic rings. The summed E-state index contributed by atoms with van der Waals surface area (Å²) in [5.74, 6) is 0. The van der Waals surface area contributed by atoms with Crippen LogP contribution in [0.3, 0.4) is 0 Å². The molecule has 0 aromatic heterocycles. The average molecular weight is 198 g/mol. The molecule has 1 unspecified atom stereocenters. The first kappa shape index (κ1) is 12.0. The maximum atomic E-state index is 3.61. The van der Waals surface area contributed by atoms with Crippen LogP contribution in [0.4, 0.5) is 0 Å². The van der Waals surface area contributed by atoms with Crippen molar-refractivity contribution in [1.82, 2.24) is 10.2 Å². The molecule has 1 saturated heterocycles. The van der Waals surface area contributed by atoms with Gasteiger partial charge in [0.2, 0.25) is 0 Å². The molecule has 1 rings (SSSR count). The van der Waals surface area contributed by atoms with Crippen LogP contribution >= 0.6 is 0 Å². The third kappa shape index (κ3) is 3.97. The van der Waals surface area contributed by atoms with E-state index in [1.165, 1.54) is 51.7 Å². The van der Waals surface area contributed by atoms with E-state index in [2.05, 4.69) is 31.1 Å². The molecule has 2 heteroatoms. The number of unbranched alkanes of at least 4 members (excludes halogenated alkanes) is 2. The van der Waals surface area contributed by atoms with E-state index in [9.17, 15) is 0 Å². The molecule has 0 bridgehead atoms. The summed E-state index contributed by atoms with van der Waals surface area (Å²) in [6, 6.07) is 0. The summed E-state index contributed by atoms with van der Waals surface area (Å²) in [5.41, 5.74) is 0.390. The average Bonchev–Trinajstić information content (AvgIpc) is 2.52. The molecule has 14 heavy (non-hydrogen) atoms. The van der Waals surface area contributed by atoms with Gasteiger partial charge in [0.15, 0.2) is 0 Å². The van der Waals surface area contributed by atoms with E-state index in [4.69, 9.17) is 0 Å². The number of likely N-dealkylation sites (N-methyl/N-ethyl adjacent to an activating group) is 1. The Morgan fingerprint density at radius 1 is 1.36 bits per heavy atom. The molecule has 1 heterocycles. The van der Waals surface area contributed by atoms with Crippen LogP contribution in [0.25, 0.3) is 0 Å². The smallest absolute Gasteiger partial charge is 0.0280 e. The van der Waals surface area contributed by atoms with Gasteiger partial charge in [-0.3, -0.25) is 0 Å². The zero-order valence-electron chi connectivity index (χ0n) is 10.1. The van der Waals surface area contributed by atoms with Crippen molar-refractivity contribution < 1.29 is 0 Å². The van der Waals surface area contributed by atoms with Gasteiger partial charge in [-0.25, -0.2) is 0 Å². The highest BCUT2D eigenvalue weighted by molar-refractivity contribution is 4.90. The van der Waals surface area contributed by atoms with Gasteiger partial charge in [-0.1, -0.05) is 19.8 Å². The lowest BCUT2D eigenvalue weighted by Gasteiger charge is -2.30. The minimum absolute atomic E-state index is 0.390. The molecule has 2 nitrogen and oxygen atoms in total. The number of nitrogens with zero attached hydrogens (tertiary/aromatic N) is 1. The molecule has 1 fully saturated rings. The van der Waals surface area contributed by atoms with Gasteiger partial charge in [0, 0.05) is 12.1 Å². The standard InChI is InChI=1S/C12H26N2/c1-4-5-6-10-14(3)11-12(2)8-7-9-13-12/h13H,4-11H2,1-3H3. The lowest BCUT2D eigenvalue weighted by Crippen LogP contribution is -2.46. The number of rotatable bonds is 6. The van der Waals surface area contributed by atoms with E-state index in [1.54, 1.807) is 0 Å². The summed E-state index contributed by atoms with van der Waals surface area (Å²) in [7, 11) is 2.25. The Labute approximate surface area is 89.1 Å². The van der Waals surface area contributed by atoms with E-state index in [0.29, 0.717) is 5.54 Å². The summed E-state index contributed by atoms with van der Waals surface area (Å²) in [6.45, 7) is 8.29. The van der Waals surface area contributed by atoms with Gasteiger partial charge in [-0.15, -0.1) is 0 Å². The number of hydrogen-bond acceptors (Lipinski definition) is 2. The Morgan fingerprint density at radius 2 is 2.14 bits per heavy atom. The molecule has 0 saturated carbocycles. The van der Waals surface area contributed by atoms with Crippen molar-refractivity contribution in [3.05, 3.63) is 0 Å². The van der Waals surface area contributed by atoms with Crippen LogP contribution in [0.15, 0.2) is 0 Å². The third-order valence-corrected chi connectivity index (χ3v) is 3.22. The van der Waals surface area contributed by atoms with Crippen molar-refractivity contribution >= 4 is 0 Å². The summed E-state index contributed by atoms with van der Waals surface area (Å²) in [5, 5.41) is 3.61. The lowest BCUT2D eigenvalue weighted by atomic mass is 10.00. The summed E-state index contributed by atoms with van der Waals surface area (Å²) in [6.07, 6.45) is 6.73. The molecule has 0 aromatic carbocycles. The van der Waals surface area contributed by atoms with E-state index in [-0.39, 0.29) is 0 Å². The van der Waals surface area contributed by atoms with Gasteiger partial charge >= 0.3 is 0 Å². The van der Waals surface area contributed by atoms with E-state index < -0.39 is 0 Å². The summed E-state index contributed by atoms with van der Waals surface area (Å²) in [4.78, 5) is 2.48. The van der Waals surface area contributed by atoms with Crippen LogP contribution in [0.5, 0.6) is 0 Å². The summed E-state index contributed by atoms with van der Waals surface area (Å²) < 4.78 is 0. The molecule has 0 radical (unpaired) electrons. The fraction of sp³-hybridized carbons (Fsp3) is 1.00. The Hall–Kier alpha value is -0.0800. The fourth-order valence-electron chi connectivity index (χ4n) is 2.40. The zero-order chi connectivity index (χ0) is 10.4. The van der Waals surface area contributed by atoms with Crippen molar-refractivity contribution in [2.75, 3.05) is 26.7 Å². The van der Waals surface area contributed by atoms with Crippen LogP contribution in [-0.4, -0.2) is 37.1 Å². The Balaban J connectivity index is 2.15. The quantitative estimate of drug-likeness (QED) is 0.659. The van der Waals surface area contributed by atoms with E-state index in [0.717, 1.165) is 0 Å². The second-order valence-corrected chi connectivity index (χ2v) is 5.04. The van der Waals surface area contributed by atoms with Crippen molar-refractivity contribution in [3.8, 4) is 0 Å². The van der Waals surface area contributed by atoms with Crippen LogP contribution in [0.1, 0.15) is 46.0 Å². The molecule has 1 aliphatic heterocycles. The van der Waals surface area contributed by atoms with Gasteiger partial charge < -0.3 is 10.2 Å². The van der Waals surface area contributed by atoms with Gasteiger partial charge in [0.05, 0.1) is 0 Å². The minimum Gasteiger partial charge on any atom is -0.310 e. The van der Waals surface area contributed by atoms with Gasteiger partial charge in [0.1, 0.15) is 0 Å². The Kier molecular flexibility index (Phi) is 4.90. The van der Waals surface area contributed by atoms with Gasteiger partial charge in [0.25, 0.3) is 0 Å². The normalized spacial score (nSPS) is 27.4. The lowest BCUT2D eigenvalue weighted by molar-refractivity contribution is 0.236. The first-order chi connectivity index (χ1) is 6.66. The first-order valence-corrected chi connectivity index (χ1v) is 6.10. The molecule has 0 aromatic rings. The topological polar surface area (TPSA) is 15.3 Å². The monoisotopic (exact) mass is 198 g/mol. The molecule has 0 amide bonds. The van der Waals surface area contributed by atoms with Crippen molar-refractivity contribution in [2.24, 2.45) is 0 Å². The van der Waals surface area contributed by atoms with Crippen molar-refractivity contribution in [2.45, 2.75) is 51.5 Å². The van der Waals surface area contributed by atoms with E-state index in [1.807, 2.05) is 0 Å². The highest BCUT2D eigenvalue weighted by Gasteiger charge is 2.28. The second kappa shape index (κ2) is 5.72. The maximum Gasteiger partial charge on any atom is 0.0280 e. The maximum absolute atomic E-state index is 3.61. The van der Waals surface area contributed by atoms with Crippen molar-refractivity contribution in [1.29, 1.82) is 0 Å². The predicted molar refractivity (Wildman–Crippen MR) is 62.7 cm³/mol.